The molecule has 0 radical (unpaired) electrons. The van der Waals surface area contributed by atoms with Gasteiger partial charge in [-0.1, -0.05) is 86.8 Å². The predicted molar refractivity (Wildman–Crippen MR) is 266 cm³/mol. The number of fused-ring (bicyclic) bond motifs is 2. The van der Waals surface area contributed by atoms with E-state index in [4.69, 9.17) is 34.2 Å². The van der Waals surface area contributed by atoms with Gasteiger partial charge in [0.2, 0.25) is 0 Å². The molecule has 4 rings (SSSR count). The summed E-state index contributed by atoms with van der Waals surface area (Å²) in [5, 5.41) is 118. The van der Waals surface area contributed by atoms with Gasteiger partial charge in [0.1, 0.15) is 24.2 Å². The molecule has 0 amide bonds. The molecule has 3 fully saturated rings. The van der Waals surface area contributed by atoms with Crippen molar-refractivity contribution >= 4 is 11.9 Å². The van der Waals surface area contributed by atoms with Gasteiger partial charge in [-0.2, -0.15) is 0 Å². The topological polar surface area (TPSA) is 338 Å². The molecule has 3 saturated heterocycles. The number of hydrogen-bond acceptors (Lipinski definition) is 19. The average molecular weight is 1040 g/mol. The molecule has 0 aromatic carbocycles. The summed E-state index contributed by atoms with van der Waals surface area (Å²) in [7, 11) is 0. The second-order valence-corrected chi connectivity index (χ2v) is 20.4. The van der Waals surface area contributed by atoms with Crippen LogP contribution in [0.15, 0.2) is 72.9 Å². The number of allylic oxidation sites excluding steroid dienone is 10. The molecule has 20 nitrogen and oxygen atoms in total. The first-order valence-corrected chi connectivity index (χ1v) is 25.8. The molecule has 22 atom stereocenters. The van der Waals surface area contributed by atoms with E-state index in [0.29, 0.717) is 0 Å². The van der Waals surface area contributed by atoms with E-state index in [1.54, 1.807) is 51.2 Å². The second-order valence-electron chi connectivity index (χ2n) is 20.4. The van der Waals surface area contributed by atoms with Crippen molar-refractivity contribution in [2.24, 2.45) is 23.5 Å². The lowest BCUT2D eigenvalue weighted by atomic mass is 9.83. The number of aliphatic hydroxyl groups excluding tert-OH is 9. The van der Waals surface area contributed by atoms with Crippen LogP contribution in [0.3, 0.4) is 0 Å². The first kappa shape index (κ1) is 62.3. The number of nitrogens with two attached hydrogens (primary N) is 1. The van der Waals surface area contributed by atoms with Crippen LogP contribution in [0.5, 0.6) is 0 Å². The Morgan fingerprint density at radius 1 is 0.658 bits per heavy atom. The van der Waals surface area contributed by atoms with Gasteiger partial charge >= 0.3 is 11.9 Å². The molecule has 0 aromatic heterocycles. The minimum atomic E-state index is -2.19. The van der Waals surface area contributed by atoms with Gasteiger partial charge in [-0.15, -0.1) is 0 Å². The maximum absolute atomic E-state index is 13.1. The molecule has 0 spiro atoms. The van der Waals surface area contributed by atoms with E-state index in [1.807, 2.05) is 56.4 Å². The lowest BCUT2D eigenvalue weighted by Crippen LogP contribution is -2.61. The molecule has 4 aliphatic heterocycles. The lowest BCUT2D eigenvalue weighted by molar-refractivity contribution is -0.308. The van der Waals surface area contributed by atoms with Crippen LogP contribution in [-0.4, -0.2) is 184 Å². The Morgan fingerprint density at radius 2 is 1.26 bits per heavy atom. The van der Waals surface area contributed by atoms with Crippen molar-refractivity contribution in [2.45, 2.75) is 228 Å². The monoisotopic (exact) mass is 1040 g/mol. The third-order valence-electron chi connectivity index (χ3n) is 14.0. The van der Waals surface area contributed by atoms with E-state index in [-0.39, 0.29) is 50.9 Å². The van der Waals surface area contributed by atoms with Crippen LogP contribution in [0.4, 0.5) is 0 Å². The van der Waals surface area contributed by atoms with Gasteiger partial charge in [0.25, 0.3) is 0 Å². The first-order valence-electron chi connectivity index (χ1n) is 25.8. The zero-order valence-electron chi connectivity index (χ0n) is 42.8. The molecule has 73 heavy (non-hydrogen) atoms. The summed E-state index contributed by atoms with van der Waals surface area (Å²) in [6, 6.07) is -1.13. The number of aliphatic carboxylic acids is 1. The van der Waals surface area contributed by atoms with E-state index in [9.17, 15) is 65.8 Å². The molecular weight excluding hydrogens is 955 g/mol. The summed E-state index contributed by atoms with van der Waals surface area (Å²) in [5.74, 6) is -6.50. The highest BCUT2D eigenvalue weighted by atomic mass is 16.7. The molecule has 13 N–H and O–H groups in total. The molecule has 20 heteroatoms. The summed E-state index contributed by atoms with van der Waals surface area (Å²) in [4.78, 5) is 25.6. The fourth-order valence-corrected chi connectivity index (χ4v) is 9.67. The van der Waals surface area contributed by atoms with Crippen LogP contribution in [0.2, 0.25) is 0 Å². The third-order valence-corrected chi connectivity index (χ3v) is 14.0. The average Bonchev–Trinajstić information content (AvgIpc) is 3.29. The number of carboxylic acids is 1. The number of cyclic esters (lactones) is 1. The largest absolute Gasteiger partial charge is 0.481 e. The Balaban J connectivity index is 1.53. The Morgan fingerprint density at radius 3 is 1.93 bits per heavy atom. The van der Waals surface area contributed by atoms with Crippen LogP contribution in [-0.2, 0) is 38.0 Å². The Kier molecular flexibility index (Phi) is 26.0. The number of aliphatic hydroxyl groups is 10. The number of esters is 1. The zero-order chi connectivity index (χ0) is 54.0. The molecule has 0 aliphatic carbocycles. The summed E-state index contributed by atoms with van der Waals surface area (Å²) < 4.78 is 35.9. The first-order chi connectivity index (χ1) is 34.5. The number of carbonyl (C=O) groups is 2. The number of carboxylic acid groups (broad SMARTS) is 1. The van der Waals surface area contributed by atoms with E-state index in [1.165, 1.54) is 0 Å². The van der Waals surface area contributed by atoms with Crippen molar-refractivity contribution in [3.05, 3.63) is 72.9 Å². The van der Waals surface area contributed by atoms with Crippen LogP contribution in [0.1, 0.15) is 112 Å². The predicted octanol–water partition coefficient (Wildman–Crippen LogP) is 1.85. The molecule has 4 heterocycles. The maximum Gasteiger partial charge on any atom is 0.311 e. The SMILES string of the molecule is CC1/C=C/C=C/CC/C=C/C=C/C=C/C=C/C(O[C@@H]2O[C@H](C)[C@@H](O)[C@H](N)[C@H]2O)CC2OC(O)(CC(O)CCCC(O)CC(O)CC(O)CC(=O)OC(C)C(C)C1OC1C[C@@H](O)[C@@H](O)[C@H](C)O1)CC(O)C2C(=O)O. The number of carbonyl (C=O) groups excluding carboxylic acids is 1. The summed E-state index contributed by atoms with van der Waals surface area (Å²) in [6.07, 6.45) is 2.90. The minimum absolute atomic E-state index is 0.0341. The molecule has 14 unspecified atom stereocenters. The number of hydrogen-bond donors (Lipinski definition) is 12. The van der Waals surface area contributed by atoms with Crippen LogP contribution in [0.25, 0.3) is 0 Å². The van der Waals surface area contributed by atoms with E-state index < -0.39 is 159 Å². The summed E-state index contributed by atoms with van der Waals surface area (Å²) >= 11 is 0. The van der Waals surface area contributed by atoms with Crippen molar-refractivity contribution in [1.82, 2.24) is 0 Å². The van der Waals surface area contributed by atoms with Gasteiger partial charge in [-0.05, 0) is 65.7 Å². The van der Waals surface area contributed by atoms with Crippen molar-refractivity contribution in [1.29, 1.82) is 0 Å². The molecule has 0 saturated carbocycles. The Hall–Kier alpha value is -3.26. The lowest BCUT2D eigenvalue weighted by Gasteiger charge is -2.45. The van der Waals surface area contributed by atoms with Gasteiger partial charge in [0, 0.05) is 37.5 Å². The highest BCUT2D eigenvalue weighted by Crippen LogP contribution is 2.38. The quantitative estimate of drug-likeness (QED) is 0.175. The van der Waals surface area contributed by atoms with Gasteiger partial charge in [0.15, 0.2) is 18.4 Å². The van der Waals surface area contributed by atoms with Crippen molar-refractivity contribution in [3.8, 4) is 0 Å². The normalized spacial score (nSPS) is 45.9. The van der Waals surface area contributed by atoms with Crippen LogP contribution < -0.4 is 5.73 Å². The fraction of sp³-hybridized carbons (Fsp3) is 0.736. The van der Waals surface area contributed by atoms with E-state index in [0.717, 1.165) is 12.8 Å². The zero-order valence-corrected chi connectivity index (χ0v) is 42.8. The minimum Gasteiger partial charge on any atom is -0.481 e. The van der Waals surface area contributed by atoms with Crippen molar-refractivity contribution < 1.29 is 94.2 Å². The highest BCUT2D eigenvalue weighted by Gasteiger charge is 2.51. The summed E-state index contributed by atoms with van der Waals surface area (Å²) in [6.45, 7) is 8.69. The van der Waals surface area contributed by atoms with Gasteiger partial charge in [0.05, 0.1) is 85.7 Å². The van der Waals surface area contributed by atoms with E-state index in [2.05, 4.69) is 0 Å². The molecule has 0 aromatic rings. The molecular formula is C53H85NO19. The van der Waals surface area contributed by atoms with Crippen molar-refractivity contribution in [2.75, 3.05) is 0 Å². The van der Waals surface area contributed by atoms with Gasteiger partial charge in [-0.3, -0.25) is 9.59 Å². The standard InChI is InChI=1S/C53H85NO19/c1-30-19-16-14-12-10-8-6-7-9-11-13-15-17-22-39(71-52-49(64)46(54)48(63)34(5)70-52)26-42-45(51(65)66)41(60)29-53(67,73-42)28-36(56)21-18-20-35(55)23-37(57)24-38(58)25-43(61)68-32(3)31(2)50(30)72-44-27-40(59)47(62)33(4)69-44/h6-7,9,11-17,19,22,30-42,44-50,52,55-60,62-64,67H,8,10,18,20-21,23-29,54H2,1-5H3,(H,65,66)/b7-6+,11-9+,14-12+,15-13+,19-16+,22-17+/t30?,31?,32?,33-,34+,35?,36?,37?,38?,39?,40+,41?,42?,44?,45?,46-,47-,48+,49+,50?,52-,53?/m0/s1. The van der Waals surface area contributed by atoms with Gasteiger partial charge in [-0.25, -0.2) is 0 Å². The third kappa shape index (κ3) is 20.3. The molecule has 4 aliphatic rings. The molecule has 2 bridgehead atoms. The Bertz CT molecular complexity index is 1830. The maximum atomic E-state index is 13.1. The number of ether oxygens (including phenoxy) is 6. The highest BCUT2D eigenvalue weighted by molar-refractivity contribution is 5.71. The fourth-order valence-electron chi connectivity index (χ4n) is 9.67. The summed E-state index contributed by atoms with van der Waals surface area (Å²) in [5.41, 5.74) is 6.05. The Labute approximate surface area is 429 Å². The van der Waals surface area contributed by atoms with Crippen LogP contribution >= 0.6 is 0 Å². The van der Waals surface area contributed by atoms with Crippen molar-refractivity contribution in [3.63, 3.8) is 0 Å². The van der Waals surface area contributed by atoms with E-state index >= 15 is 0 Å². The van der Waals surface area contributed by atoms with Crippen LogP contribution in [0, 0.1) is 17.8 Å². The second kappa shape index (κ2) is 30.5. The smallest absolute Gasteiger partial charge is 0.311 e. The van der Waals surface area contributed by atoms with Gasteiger partial charge < -0.3 is 90.3 Å². The molecule has 416 valence electrons. The number of rotatable bonds is 5.